The van der Waals surface area contributed by atoms with Gasteiger partial charge in [-0.15, -0.1) is 0 Å². The molecule has 0 aliphatic heterocycles. The summed E-state index contributed by atoms with van der Waals surface area (Å²) >= 11 is 0. The maximum atomic E-state index is 12.1. The van der Waals surface area contributed by atoms with Gasteiger partial charge in [0.2, 0.25) is 0 Å². The molecule has 1 aromatic heterocycles. The monoisotopic (exact) mass is 259 g/mol. The highest BCUT2D eigenvalue weighted by molar-refractivity contribution is 5.93. The number of aryl methyl sites for hydroxylation is 1. The number of aromatic amines is 1. The molecule has 2 N–H and O–H groups in total. The lowest BCUT2D eigenvalue weighted by molar-refractivity contribution is -0.125. The van der Waals surface area contributed by atoms with Gasteiger partial charge in [-0.3, -0.25) is 9.89 Å². The molecule has 0 saturated carbocycles. The summed E-state index contributed by atoms with van der Waals surface area (Å²) in [6, 6.07) is 11.5. The summed E-state index contributed by atoms with van der Waals surface area (Å²) in [7, 11) is 1.53. The summed E-state index contributed by atoms with van der Waals surface area (Å²) in [4.78, 5) is 12.1. The van der Waals surface area contributed by atoms with Crippen LogP contribution in [0.25, 0.3) is 0 Å². The van der Waals surface area contributed by atoms with Gasteiger partial charge in [-0.2, -0.15) is 5.10 Å². The van der Waals surface area contributed by atoms with E-state index < -0.39 is 6.10 Å². The predicted octanol–water partition coefficient (Wildman–Crippen LogP) is 1.91. The summed E-state index contributed by atoms with van der Waals surface area (Å²) in [5.41, 5.74) is 1.95. The van der Waals surface area contributed by atoms with Gasteiger partial charge >= 0.3 is 0 Å². The Kier molecular flexibility index (Phi) is 4.30. The third kappa shape index (κ3) is 3.66. The molecule has 1 heterocycles. The number of rotatable bonds is 5. The highest BCUT2D eigenvalue weighted by Gasteiger charge is 2.19. The summed E-state index contributed by atoms with van der Waals surface area (Å²) < 4.78 is 5.25. The Labute approximate surface area is 112 Å². The molecule has 2 aromatic rings. The molecule has 0 radical (unpaired) electrons. The van der Waals surface area contributed by atoms with Crippen molar-refractivity contribution in [1.29, 1.82) is 0 Å². The van der Waals surface area contributed by atoms with E-state index in [1.807, 2.05) is 37.3 Å². The first-order chi connectivity index (χ1) is 9.19. The van der Waals surface area contributed by atoms with Crippen molar-refractivity contribution in [3.8, 4) is 0 Å². The molecule has 100 valence electrons. The lowest BCUT2D eigenvalue weighted by Gasteiger charge is -2.14. The van der Waals surface area contributed by atoms with Crippen molar-refractivity contribution in [3.05, 3.63) is 47.7 Å². The van der Waals surface area contributed by atoms with Crippen LogP contribution >= 0.6 is 0 Å². The number of carbonyl (C=O) groups excluding carboxylic acids is 1. The van der Waals surface area contributed by atoms with Crippen molar-refractivity contribution in [3.63, 3.8) is 0 Å². The lowest BCUT2D eigenvalue weighted by atomic mass is 10.1. The van der Waals surface area contributed by atoms with Crippen LogP contribution in [0.1, 0.15) is 11.3 Å². The zero-order valence-corrected chi connectivity index (χ0v) is 11.0. The number of benzene rings is 1. The topological polar surface area (TPSA) is 67.0 Å². The normalized spacial score (nSPS) is 12.1. The number of hydrogen-bond donors (Lipinski definition) is 2. The van der Waals surface area contributed by atoms with Gasteiger partial charge < -0.3 is 10.1 Å². The average Bonchev–Trinajstić information content (AvgIpc) is 2.82. The SMILES string of the molecule is COC(Cc1ccccc1)C(=O)Nc1cc(C)[nH]n1. The van der Waals surface area contributed by atoms with Crippen LogP contribution in [0.2, 0.25) is 0 Å². The van der Waals surface area contributed by atoms with E-state index in [2.05, 4.69) is 15.5 Å². The minimum Gasteiger partial charge on any atom is -0.371 e. The summed E-state index contributed by atoms with van der Waals surface area (Å²) in [6.45, 7) is 1.88. The number of carbonyl (C=O) groups is 1. The first-order valence-corrected chi connectivity index (χ1v) is 6.08. The number of amides is 1. The van der Waals surface area contributed by atoms with E-state index in [-0.39, 0.29) is 5.91 Å². The second-order valence-electron chi connectivity index (χ2n) is 4.34. The molecule has 5 nitrogen and oxygen atoms in total. The van der Waals surface area contributed by atoms with Crippen LogP contribution in [0.5, 0.6) is 0 Å². The molecular formula is C14H17N3O2. The predicted molar refractivity (Wildman–Crippen MR) is 72.9 cm³/mol. The number of anilines is 1. The van der Waals surface area contributed by atoms with Crippen LogP contribution in [0.15, 0.2) is 36.4 Å². The number of hydrogen-bond acceptors (Lipinski definition) is 3. The van der Waals surface area contributed by atoms with E-state index in [1.54, 1.807) is 6.07 Å². The molecular weight excluding hydrogens is 242 g/mol. The molecule has 1 amide bonds. The molecule has 19 heavy (non-hydrogen) atoms. The van der Waals surface area contributed by atoms with Crippen LogP contribution in [-0.4, -0.2) is 29.3 Å². The van der Waals surface area contributed by atoms with E-state index in [4.69, 9.17) is 4.74 Å². The fraction of sp³-hybridized carbons (Fsp3) is 0.286. The molecule has 0 fully saturated rings. The minimum atomic E-state index is -0.528. The number of nitrogens with one attached hydrogen (secondary N) is 2. The van der Waals surface area contributed by atoms with Gasteiger partial charge in [-0.1, -0.05) is 30.3 Å². The largest absolute Gasteiger partial charge is 0.371 e. The highest BCUT2D eigenvalue weighted by Crippen LogP contribution is 2.09. The molecule has 0 spiro atoms. The quantitative estimate of drug-likeness (QED) is 0.862. The van der Waals surface area contributed by atoms with Crippen LogP contribution in [0, 0.1) is 6.92 Å². The fourth-order valence-corrected chi connectivity index (χ4v) is 1.80. The maximum Gasteiger partial charge on any atom is 0.255 e. The lowest BCUT2D eigenvalue weighted by Crippen LogP contribution is -2.31. The highest BCUT2D eigenvalue weighted by atomic mass is 16.5. The van der Waals surface area contributed by atoms with Gasteiger partial charge in [0.05, 0.1) is 0 Å². The minimum absolute atomic E-state index is 0.196. The van der Waals surface area contributed by atoms with Crippen molar-refractivity contribution in [2.24, 2.45) is 0 Å². The Morgan fingerprint density at radius 1 is 1.42 bits per heavy atom. The van der Waals surface area contributed by atoms with Gasteiger partial charge in [0.15, 0.2) is 5.82 Å². The van der Waals surface area contributed by atoms with Gasteiger partial charge in [-0.05, 0) is 12.5 Å². The van der Waals surface area contributed by atoms with Gasteiger partial charge in [0, 0.05) is 25.3 Å². The fourth-order valence-electron chi connectivity index (χ4n) is 1.80. The first-order valence-electron chi connectivity index (χ1n) is 6.08. The molecule has 0 saturated heterocycles. The van der Waals surface area contributed by atoms with Crippen molar-refractivity contribution in [2.45, 2.75) is 19.4 Å². The molecule has 0 aliphatic rings. The van der Waals surface area contributed by atoms with Gasteiger partial charge in [-0.25, -0.2) is 0 Å². The summed E-state index contributed by atoms with van der Waals surface area (Å²) in [5, 5.41) is 9.47. The van der Waals surface area contributed by atoms with Crippen LogP contribution in [0.3, 0.4) is 0 Å². The maximum absolute atomic E-state index is 12.1. The molecule has 2 rings (SSSR count). The Bertz CT molecular complexity index is 537. The standard InChI is InChI=1S/C14H17N3O2/c1-10-8-13(17-16-10)15-14(18)12(19-2)9-11-6-4-3-5-7-11/h3-8,12H,9H2,1-2H3,(H2,15,16,17,18). The van der Waals surface area contributed by atoms with E-state index in [0.717, 1.165) is 11.3 Å². The summed E-state index contributed by atoms with van der Waals surface area (Å²) in [5.74, 6) is 0.315. The molecule has 1 atom stereocenters. The van der Waals surface area contributed by atoms with Crippen molar-refractivity contribution in [1.82, 2.24) is 10.2 Å². The van der Waals surface area contributed by atoms with Crippen LogP contribution in [0.4, 0.5) is 5.82 Å². The zero-order chi connectivity index (χ0) is 13.7. The number of nitrogens with zero attached hydrogens (tertiary/aromatic N) is 1. The number of methoxy groups -OCH3 is 1. The van der Waals surface area contributed by atoms with E-state index >= 15 is 0 Å². The number of aromatic nitrogens is 2. The Morgan fingerprint density at radius 3 is 2.74 bits per heavy atom. The zero-order valence-electron chi connectivity index (χ0n) is 11.0. The van der Waals surface area contributed by atoms with E-state index in [0.29, 0.717) is 12.2 Å². The van der Waals surface area contributed by atoms with Crippen molar-refractivity contribution in [2.75, 3.05) is 12.4 Å². The van der Waals surface area contributed by atoms with Crippen molar-refractivity contribution >= 4 is 11.7 Å². The van der Waals surface area contributed by atoms with Crippen LogP contribution < -0.4 is 5.32 Å². The van der Waals surface area contributed by atoms with Crippen LogP contribution in [-0.2, 0) is 16.0 Å². The molecule has 1 aromatic carbocycles. The average molecular weight is 259 g/mol. The smallest absolute Gasteiger partial charge is 0.255 e. The van der Waals surface area contributed by atoms with Gasteiger partial charge in [0.25, 0.3) is 5.91 Å². The first kappa shape index (κ1) is 13.3. The third-order valence-electron chi connectivity index (χ3n) is 2.80. The van der Waals surface area contributed by atoms with E-state index in [9.17, 15) is 4.79 Å². The van der Waals surface area contributed by atoms with Crippen molar-refractivity contribution < 1.29 is 9.53 Å². The molecule has 0 aliphatic carbocycles. The number of H-pyrrole nitrogens is 1. The Hall–Kier alpha value is -2.14. The van der Waals surface area contributed by atoms with Gasteiger partial charge in [0.1, 0.15) is 6.10 Å². The second kappa shape index (κ2) is 6.15. The second-order valence-corrected chi connectivity index (χ2v) is 4.34. The molecule has 1 unspecified atom stereocenters. The Balaban J connectivity index is 1.99. The third-order valence-corrected chi connectivity index (χ3v) is 2.80. The summed E-state index contributed by atoms with van der Waals surface area (Å²) in [6.07, 6.45) is 0.00598. The molecule has 0 bridgehead atoms. The molecule has 5 heteroatoms. The number of ether oxygens (including phenoxy) is 1. The Morgan fingerprint density at radius 2 is 2.16 bits per heavy atom. The van der Waals surface area contributed by atoms with E-state index in [1.165, 1.54) is 7.11 Å².